The lowest BCUT2D eigenvalue weighted by Crippen LogP contribution is -2.59. The van der Waals surface area contributed by atoms with Crippen LogP contribution in [0.5, 0.6) is 5.75 Å². The van der Waals surface area contributed by atoms with Gasteiger partial charge in [0.1, 0.15) is 5.75 Å². The van der Waals surface area contributed by atoms with Gasteiger partial charge in [-0.15, -0.1) is 0 Å². The summed E-state index contributed by atoms with van der Waals surface area (Å²) in [6.07, 6.45) is 8.49. The molecule has 1 saturated carbocycles. The van der Waals surface area contributed by atoms with Crippen molar-refractivity contribution in [2.24, 2.45) is 11.8 Å². The minimum Gasteiger partial charge on any atom is -0.457 e. The molecule has 0 radical (unpaired) electrons. The van der Waals surface area contributed by atoms with Crippen molar-refractivity contribution in [2.45, 2.75) is 70.3 Å². The zero-order valence-electron chi connectivity index (χ0n) is 16.1. The fourth-order valence-electron chi connectivity index (χ4n) is 5.46. The monoisotopic (exact) mass is 357 g/mol. The molecule has 0 aromatic heterocycles. The van der Waals surface area contributed by atoms with E-state index in [0.29, 0.717) is 11.5 Å². The first-order chi connectivity index (χ1) is 12.6. The topological polar surface area (TPSA) is 47.6 Å². The third-order valence-corrected chi connectivity index (χ3v) is 7.06. The normalized spacial score (nSPS) is 30.7. The standard InChI is InChI=1S/C22H31NO3/c1-3-15(2)21(24)26-14-25-17-8-7-16-12-20-18-6-4-5-9-22(18,10-11-23-20)19(16)13-17/h7-8,13,15,18,20,23H,3-6,9-12,14H2,1-2H3/t15?,18-,20+,22+/m1/s1. The van der Waals surface area contributed by atoms with E-state index in [1.54, 1.807) is 0 Å². The number of ether oxygens (including phenoxy) is 2. The Morgan fingerprint density at radius 3 is 3.08 bits per heavy atom. The van der Waals surface area contributed by atoms with Gasteiger partial charge in [0.05, 0.1) is 5.92 Å². The van der Waals surface area contributed by atoms with E-state index in [1.165, 1.54) is 43.2 Å². The van der Waals surface area contributed by atoms with Crippen molar-refractivity contribution in [3.8, 4) is 5.75 Å². The van der Waals surface area contributed by atoms with Crippen molar-refractivity contribution in [3.63, 3.8) is 0 Å². The molecule has 142 valence electrons. The molecule has 4 nitrogen and oxygen atoms in total. The van der Waals surface area contributed by atoms with Gasteiger partial charge in [-0.05, 0) is 67.8 Å². The van der Waals surface area contributed by atoms with Crippen LogP contribution in [-0.4, -0.2) is 25.3 Å². The van der Waals surface area contributed by atoms with Gasteiger partial charge in [-0.3, -0.25) is 4.79 Å². The molecule has 4 atom stereocenters. The molecule has 2 fully saturated rings. The van der Waals surface area contributed by atoms with Crippen LogP contribution in [0.4, 0.5) is 0 Å². The third-order valence-electron chi connectivity index (χ3n) is 7.06. The number of hydrogen-bond acceptors (Lipinski definition) is 4. The van der Waals surface area contributed by atoms with Gasteiger partial charge in [-0.1, -0.05) is 32.8 Å². The van der Waals surface area contributed by atoms with Gasteiger partial charge in [0, 0.05) is 11.5 Å². The molecule has 26 heavy (non-hydrogen) atoms. The number of carbonyl (C=O) groups excluding carboxylic acids is 1. The number of nitrogens with one attached hydrogen (secondary N) is 1. The number of esters is 1. The van der Waals surface area contributed by atoms with Crippen molar-refractivity contribution in [1.29, 1.82) is 0 Å². The largest absolute Gasteiger partial charge is 0.457 e. The quantitative estimate of drug-likeness (QED) is 0.640. The van der Waals surface area contributed by atoms with Crippen LogP contribution in [-0.2, 0) is 21.4 Å². The molecule has 2 bridgehead atoms. The molecule has 2 aliphatic carbocycles. The Morgan fingerprint density at radius 1 is 1.35 bits per heavy atom. The van der Waals surface area contributed by atoms with Crippen LogP contribution in [0.15, 0.2) is 18.2 Å². The molecule has 4 rings (SSSR count). The first-order valence-electron chi connectivity index (χ1n) is 10.3. The molecular weight excluding hydrogens is 326 g/mol. The highest BCUT2D eigenvalue weighted by Gasteiger charge is 2.51. The summed E-state index contributed by atoms with van der Waals surface area (Å²) in [7, 11) is 0. The zero-order valence-corrected chi connectivity index (χ0v) is 16.1. The maximum absolute atomic E-state index is 11.8. The molecule has 1 aromatic carbocycles. The van der Waals surface area contributed by atoms with Crippen molar-refractivity contribution in [3.05, 3.63) is 29.3 Å². The summed E-state index contributed by atoms with van der Waals surface area (Å²) in [6, 6.07) is 7.14. The van der Waals surface area contributed by atoms with Crippen molar-refractivity contribution < 1.29 is 14.3 Å². The van der Waals surface area contributed by atoms with E-state index in [0.717, 1.165) is 31.1 Å². The van der Waals surface area contributed by atoms with E-state index in [4.69, 9.17) is 9.47 Å². The van der Waals surface area contributed by atoms with Crippen molar-refractivity contribution in [1.82, 2.24) is 5.32 Å². The minimum atomic E-state index is -0.183. The second kappa shape index (κ2) is 7.22. The molecule has 1 aromatic rings. The minimum absolute atomic E-state index is 0.00255. The fourth-order valence-corrected chi connectivity index (χ4v) is 5.46. The van der Waals surface area contributed by atoms with Crippen LogP contribution in [0.25, 0.3) is 0 Å². The van der Waals surface area contributed by atoms with Gasteiger partial charge in [0.2, 0.25) is 6.79 Å². The first kappa shape index (κ1) is 17.8. The van der Waals surface area contributed by atoms with Crippen LogP contribution in [0.3, 0.4) is 0 Å². The maximum atomic E-state index is 11.8. The van der Waals surface area contributed by atoms with Gasteiger partial charge in [-0.2, -0.15) is 0 Å². The average Bonchev–Trinajstić information content (AvgIpc) is 2.67. The van der Waals surface area contributed by atoms with Crippen molar-refractivity contribution >= 4 is 5.97 Å². The summed E-state index contributed by atoms with van der Waals surface area (Å²) in [5, 5.41) is 3.77. The van der Waals surface area contributed by atoms with E-state index >= 15 is 0 Å². The van der Waals surface area contributed by atoms with Crippen LogP contribution < -0.4 is 10.1 Å². The lowest BCUT2D eigenvalue weighted by atomic mass is 9.53. The van der Waals surface area contributed by atoms with Gasteiger partial charge in [0.25, 0.3) is 0 Å². The Morgan fingerprint density at radius 2 is 2.23 bits per heavy atom. The van der Waals surface area contributed by atoms with E-state index < -0.39 is 0 Å². The summed E-state index contributed by atoms with van der Waals surface area (Å²) >= 11 is 0. The smallest absolute Gasteiger partial charge is 0.311 e. The van der Waals surface area contributed by atoms with Gasteiger partial charge >= 0.3 is 5.97 Å². The number of benzene rings is 1. The molecule has 1 saturated heterocycles. The Kier molecular flexibility index (Phi) is 4.96. The average molecular weight is 357 g/mol. The van der Waals surface area contributed by atoms with Crippen molar-refractivity contribution in [2.75, 3.05) is 13.3 Å². The number of rotatable bonds is 5. The SMILES string of the molecule is CCC(C)C(=O)OCOc1ccc2c(c1)[C@]13CCCC[C@@H]1[C@H](C2)NCC3. The van der Waals surface area contributed by atoms with E-state index in [1.807, 2.05) is 19.9 Å². The highest BCUT2D eigenvalue weighted by atomic mass is 16.7. The van der Waals surface area contributed by atoms with Gasteiger partial charge < -0.3 is 14.8 Å². The summed E-state index contributed by atoms with van der Waals surface area (Å²) in [5.41, 5.74) is 3.31. The molecule has 1 aliphatic heterocycles. The summed E-state index contributed by atoms with van der Waals surface area (Å²) in [5.74, 6) is 1.33. The van der Waals surface area contributed by atoms with E-state index in [2.05, 4.69) is 17.4 Å². The number of carbonyl (C=O) groups is 1. The lowest BCUT2D eigenvalue weighted by Gasteiger charge is -2.56. The Bertz CT molecular complexity index is 669. The summed E-state index contributed by atoms with van der Waals surface area (Å²) < 4.78 is 11.1. The van der Waals surface area contributed by atoms with Gasteiger partial charge in [0.15, 0.2) is 0 Å². The first-order valence-corrected chi connectivity index (χ1v) is 10.3. The Labute approximate surface area is 156 Å². The molecule has 1 unspecified atom stereocenters. The van der Waals surface area contributed by atoms with E-state index in [9.17, 15) is 4.79 Å². The Hall–Kier alpha value is -1.55. The number of hydrogen-bond donors (Lipinski definition) is 1. The number of fused-ring (bicyclic) bond motifs is 1. The van der Waals surface area contributed by atoms with Crippen LogP contribution in [0.1, 0.15) is 63.5 Å². The lowest BCUT2D eigenvalue weighted by molar-refractivity contribution is -0.154. The predicted molar refractivity (Wildman–Crippen MR) is 101 cm³/mol. The maximum Gasteiger partial charge on any atom is 0.311 e. The van der Waals surface area contributed by atoms with Crippen LogP contribution in [0, 0.1) is 11.8 Å². The molecular formula is C22H31NO3. The highest BCUT2D eigenvalue weighted by Crippen LogP contribution is 2.54. The Balaban J connectivity index is 1.52. The highest BCUT2D eigenvalue weighted by molar-refractivity contribution is 5.71. The molecule has 0 amide bonds. The second-order valence-corrected chi connectivity index (χ2v) is 8.38. The zero-order chi connectivity index (χ0) is 18.1. The third kappa shape index (κ3) is 3.02. The molecule has 1 N–H and O–H groups in total. The van der Waals surface area contributed by atoms with E-state index in [-0.39, 0.29) is 18.7 Å². The second-order valence-electron chi connectivity index (χ2n) is 8.38. The molecule has 4 heteroatoms. The summed E-state index contributed by atoms with van der Waals surface area (Å²) in [6.45, 7) is 5.00. The molecule has 3 aliphatic rings. The number of piperidine rings is 1. The molecule has 0 spiro atoms. The van der Waals surface area contributed by atoms with Crippen LogP contribution >= 0.6 is 0 Å². The molecule has 1 heterocycles. The summed E-state index contributed by atoms with van der Waals surface area (Å²) in [4.78, 5) is 11.8. The predicted octanol–water partition coefficient (Wildman–Crippen LogP) is 3.96. The van der Waals surface area contributed by atoms with Crippen LogP contribution in [0.2, 0.25) is 0 Å². The fraction of sp³-hybridized carbons (Fsp3) is 0.682. The van der Waals surface area contributed by atoms with Gasteiger partial charge in [-0.25, -0.2) is 0 Å².